The first kappa shape index (κ1) is 19.9. The SMILES string of the molecule is O=[N+]([O-])c1cccc(COC[C@@H]2CC[C@H](OCc3cccc([N+](=O)[O-])c3)C2)c1. The monoisotopic (exact) mass is 386 g/mol. The fraction of sp³-hybridized carbons (Fsp3) is 0.400. The minimum Gasteiger partial charge on any atom is -0.376 e. The molecule has 0 amide bonds. The van der Waals surface area contributed by atoms with Gasteiger partial charge in [0.15, 0.2) is 0 Å². The van der Waals surface area contributed by atoms with Crippen molar-refractivity contribution in [3.8, 4) is 0 Å². The fourth-order valence-electron chi connectivity index (χ4n) is 3.41. The summed E-state index contributed by atoms with van der Waals surface area (Å²) in [6.45, 7) is 1.28. The molecule has 0 spiro atoms. The second kappa shape index (κ2) is 9.38. The Kier molecular flexibility index (Phi) is 6.67. The van der Waals surface area contributed by atoms with Gasteiger partial charge < -0.3 is 9.47 Å². The summed E-state index contributed by atoms with van der Waals surface area (Å²) in [5, 5.41) is 21.6. The van der Waals surface area contributed by atoms with Gasteiger partial charge >= 0.3 is 0 Å². The minimum absolute atomic E-state index is 0.0663. The first-order valence-electron chi connectivity index (χ1n) is 9.17. The maximum atomic E-state index is 10.8. The van der Waals surface area contributed by atoms with E-state index in [0.717, 1.165) is 30.4 Å². The van der Waals surface area contributed by atoms with Gasteiger partial charge in [-0.25, -0.2) is 0 Å². The molecule has 0 aromatic heterocycles. The predicted molar refractivity (Wildman–Crippen MR) is 102 cm³/mol. The van der Waals surface area contributed by atoms with Gasteiger partial charge in [0.2, 0.25) is 0 Å². The highest BCUT2D eigenvalue weighted by Gasteiger charge is 2.25. The van der Waals surface area contributed by atoms with Gasteiger partial charge in [-0.1, -0.05) is 24.3 Å². The van der Waals surface area contributed by atoms with E-state index >= 15 is 0 Å². The van der Waals surface area contributed by atoms with Crippen LogP contribution in [-0.4, -0.2) is 22.6 Å². The maximum absolute atomic E-state index is 10.8. The zero-order chi connectivity index (χ0) is 19.9. The average Bonchev–Trinajstić information content (AvgIpc) is 3.14. The van der Waals surface area contributed by atoms with E-state index in [9.17, 15) is 20.2 Å². The third-order valence-electron chi connectivity index (χ3n) is 4.84. The Hall–Kier alpha value is -2.84. The summed E-state index contributed by atoms with van der Waals surface area (Å²) in [6, 6.07) is 12.9. The Morgan fingerprint density at radius 2 is 1.50 bits per heavy atom. The molecule has 1 aliphatic rings. The molecule has 0 radical (unpaired) electrons. The fourth-order valence-corrected chi connectivity index (χ4v) is 3.41. The Bertz CT molecular complexity index is 841. The van der Waals surface area contributed by atoms with Crippen molar-refractivity contribution in [1.29, 1.82) is 0 Å². The van der Waals surface area contributed by atoms with Crippen LogP contribution < -0.4 is 0 Å². The molecule has 8 nitrogen and oxygen atoms in total. The van der Waals surface area contributed by atoms with E-state index in [-0.39, 0.29) is 17.5 Å². The Morgan fingerprint density at radius 1 is 0.893 bits per heavy atom. The molecule has 1 fully saturated rings. The predicted octanol–water partition coefficient (Wildman–Crippen LogP) is 4.41. The molecule has 0 unspecified atom stereocenters. The first-order valence-corrected chi connectivity index (χ1v) is 9.17. The van der Waals surface area contributed by atoms with Crippen LogP contribution in [0.25, 0.3) is 0 Å². The lowest BCUT2D eigenvalue weighted by Crippen LogP contribution is -2.11. The number of hydrogen-bond donors (Lipinski definition) is 0. The highest BCUT2D eigenvalue weighted by atomic mass is 16.6. The van der Waals surface area contributed by atoms with E-state index in [4.69, 9.17) is 9.47 Å². The van der Waals surface area contributed by atoms with Gasteiger partial charge in [-0.2, -0.15) is 0 Å². The lowest BCUT2D eigenvalue weighted by atomic mass is 10.1. The Labute approximate surface area is 162 Å². The van der Waals surface area contributed by atoms with Crippen LogP contribution >= 0.6 is 0 Å². The number of non-ortho nitro benzene ring substituents is 2. The van der Waals surface area contributed by atoms with Gasteiger partial charge in [0.25, 0.3) is 11.4 Å². The minimum atomic E-state index is -0.413. The van der Waals surface area contributed by atoms with Crippen LogP contribution in [0.3, 0.4) is 0 Å². The van der Waals surface area contributed by atoms with Crippen molar-refractivity contribution in [2.75, 3.05) is 6.61 Å². The van der Waals surface area contributed by atoms with Crippen LogP contribution in [-0.2, 0) is 22.7 Å². The molecule has 0 bridgehead atoms. The molecule has 0 heterocycles. The van der Waals surface area contributed by atoms with Crippen LogP contribution in [0.4, 0.5) is 11.4 Å². The van der Waals surface area contributed by atoms with E-state index in [1.807, 2.05) is 12.1 Å². The molecule has 8 heteroatoms. The van der Waals surface area contributed by atoms with Gasteiger partial charge in [0.1, 0.15) is 0 Å². The van der Waals surface area contributed by atoms with E-state index in [1.54, 1.807) is 12.1 Å². The number of nitrogens with zero attached hydrogens (tertiary/aromatic N) is 2. The molecule has 1 aliphatic carbocycles. The van der Waals surface area contributed by atoms with Crippen molar-refractivity contribution in [1.82, 2.24) is 0 Å². The molecule has 0 saturated heterocycles. The molecule has 28 heavy (non-hydrogen) atoms. The van der Waals surface area contributed by atoms with Gasteiger partial charge in [-0.3, -0.25) is 20.2 Å². The van der Waals surface area contributed by atoms with E-state index in [0.29, 0.717) is 25.7 Å². The van der Waals surface area contributed by atoms with Gasteiger partial charge in [-0.05, 0) is 36.3 Å². The quantitative estimate of drug-likeness (QED) is 0.467. The van der Waals surface area contributed by atoms with Crippen molar-refractivity contribution in [3.63, 3.8) is 0 Å². The molecule has 148 valence electrons. The lowest BCUT2D eigenvalue weighted by Gasteiger charge is -2.13. The molecular weight excluding hydrogens is 364 g/mol. The first-order chi connectivity index (χ1) is 13.5. The highest BCUT2D eigenvalue weighted by molar-refractivity contribution is 5.34. The summed E-state index contributed by atoms with van der Waals surface area (Å²) in [4.78, 5) is 20.8. The summed E-state index contributed by atoms with van der Waals surface area (Å²) in [7, 11) is 0. The Morgan fingerprint density at radius 3 is 2.11 bits per heavy atom. The molecule has 1 saturated carbocycles. The number of nitro benzene ring substituents is 2. The number of hydrogen-bond acceptors (Lipinski definition) is 6. The summed E-state index contributed by atoms with van der Waals surface area (Å²) in [5.74, 6) is 0.383. The molecule has 0 N–H and O–H groups in total. The van der Waals surface area contributed by atoms with Crippen LogP contribution in [0.5, 0.6) is 0 Å². The van der Waals surface area contributed by atoms with Crippen molar-refractivity contribution in [2.45, 2.75) is 38.6 Å². The van der Waals surface area contributed by atoms with Crippen molar-refractivity contribution in [3.05, 3.63) is 79.9 Å². The normalized spacial score (nSPS) is 18.9. The molecule has 0 aliphatic heterocycles. The topological polar surface area (TPSA) is 105 Å². The number of ether oxygens (including phenoxy) is 2. The number of nitro groups is 2. The van der Waals surface area contributed by atoms with Crippen molar-refractivity contribution >= 4 is 11.4 Å². The second-order valence-electron chi connectivity index (χ2n) is 6.98. The van der Waals surface area contributed by atoms with Gasteiger partial charge in [0.05, 0.1) is 29.2 Å². The summed E-state index contributed by atoms with van der Waals surface area (Å²) in [5.41, 5.74) is 1.71. The lowest BCUT2D eigenvalue weighted by molar-refractivity contribution is -0.385. The third kappa shape index (κ3) is 5.58. The zero-order valence-corrected chi connectivity index (χ0v) is 15.4. The van der Waals surface area contributed by atoms with Gasteiger partial charge in [0, 0.05) is 30.9 Å². The summed E-state index contributed by atoms with van der Waals surface area (Å²) >= 11 is 0. The molecular formula is C20H22N2O6. The van der Waals surface area contributed by atoms with Gasteiger partial charge in [-0.15, -0.1) is 0 Å². The van der Waals surface area contributed by atoms with E-state index in [1.165, 1.54) is 24.3 Å². The summed E-state index contributed by atoms with van der Waals surface area (Å²) in [6.07, 6.45) is 2.92. The number of benzene rings is 2. The largest absolute Gasteiger partial charge is 0.376 e. The molecule has 2 aromatic rings. The van der Waals surface area contributed by atoms with E-state index in [2.05, 4.69) is 0 Å². The average molecular weight is 386 g/mol. The molecule has 3 rings (SSSR count). The maximum Gasteiger partial charge on any atom is 0.269 e. The second-order valence-corrected chi connectivity index (χ2v) is 6.98. The Balaban J connectivity index is 1.40. The third-order valence-corrected chi connectivity index (χ3v) is 4.84. The van der Waals surface area contributed by atoms with Crippen LogP contribution in [0.15, 0.2) is 48.5 Å². The highest BCUT2D eigenvalue weighted by Crippen LogP contribution is 2.29. The van der Waals surface area contributed by atoms with Crippen LogP contribution in [0.1, 0.15) is 30.4 Å². The van der Waals surface area contributed by atoms with Crippen molar-refractivity contribution < 1.29 is 19.3 Å². The van der Waals surface area contributed by atoms with E-state index < -0.39 is 9.85 Å². The number of rotatable bonds is 9. The van der Waals surface area contributed by atoms with Crippen molar-refractivity contribution in [2.24, 2.45) is 5.92 Å². The zero-order valence-electron chi connectivity index (χ0n) is 15.4. The molecule has 2 atom stereocenters. The molecule has 2 aromatic carbocycles. The smallest absolute Gasteiger partial charge is 0.269 e. The summed E-state index contributed by atoms with van der Waals surface area (Å²) < 4.78 is 11.6. The standard InChI is InChI=1S/C20H22N2O6/c23-21(24)18-5-1-3-15(9-18)12-27-13-17-7-8-20(11-17)28-14-16-4-2-6-19(10-16)22(25)26/h1-6,9-10,17,20H,7-8,11-14H2/t17-,20+/m1/s1. The van der Waals surface area contributed by atoms with Crippen LogP contribution in [0.2, 0.25) is 0 Å². The van der Waals surface area contributed by atoms with Crippen LogP contribution in [0, 0.1) is 26.1 Å².